The zero-order chi connectivity index (χ0) is 11.4. The van der Waals surface area contributed by atoms with Crippen molar-refractivity contribution in [1.82, 2.24) is 4.98 Å². The summed E-state index contributed by atoms with van der Waals surface area (Å²) in [5, 5.41) is 11.3. The van der Waals surface area contributed by atoms with Crippen molar-refractivity contribution in [3.05, 3.63) is 23.5 Å². The molecule has 0 fully saturated rings. The van der Waals surface area contributed by atoms with Crippen LogP contribution in [0.15, 0.2) is 18.5 Å². The fourth-order valence-corrected chi connectivity index (χ4v) is 0.975. The number of halogens is 1. The number of hydrogen-bond donors (Lipinski definition) is 2. The molecule has 1 amide bonds. The summed E-state index contributed by atoms with van der Waals surface area (Å²) >= 11 is 5.75. The van der Waals surface area contributed by atoms with Crippen LogP contribution in [0.25, 0.3) is 0 Å². The van der Waals surface area contributed by atoms with Gasteiger partial charge in [-0.25, -0.2) is 0 Å². The highest BCUT2D eigenvalue weighted by Gasteiger charge is 2.20. The Morgan fingerprint density at radius 3 is 2.80 bits per heavy atom. The molecule has 15 heavy (non-hydrogen) atoms. The van der Waals surface area contributed by atoms with Gasteiger partial charge in [-0.2, -0.15) is 0 Å². The van der Waals surface area contributed by atoms with Gasteiger partial charge in [-0.1, -0.05) is 11.6 Å². The first kappa shape index (κ1) is 11.5. The second kappa shape index (κ2) is 4.75. The predicted octanol–water partition coefficient (Wildman–Crippen LogP) is 1.39. The van der Waals surface area contributed by atoms with Gasteiger partial charge in [-0.15, -0.1) is 0 Å². The van der Waals surface area contributed by atoms with Crippen molar-refractivity contribution in [2.45, 2.75) is 6.92 Å². The van der Waals surface area contributed by atoms with Gasteiger partial charge >= 0.3 is 5.97 Å². The molecule has 1 aromatic rings. The molecule has 0 radical (unpaired) electrons. The van der Waals surface area contributed by atoms with Crippen molar-refractivity contribution < 1.29 is 14.7 Å². The largest absolute Gasteiger partial charge is 0.481 e. The molecule has 0 aliphatic carbocycles. The van der Waals surface area contributed by atoms with Gasteiger partial charge in [0.2, 0.25) is 5.91 Å². The van der Waals surface area contributed by atoms with E-state index in [1.54, 1.807) is 0 Å². The molecular weight excluding hydrogens is 220 g/mol. The smallest absolute Gasteiger partial charge is 0.315 e. The predicted molar refractivity (Wildman–Crippen MR) is 54.7 cm³/mol. The molecule has 0 aliphatic rings. The third-order valence-corrected chi connectivity index (χ3v) is 2.12. The number of anilines is 1. The maximum absolute atomic E-state index is 11.3. The summed E-state index contributed by atoms with van der Waals surface area (Å²) in [4.78, 5) is 25.6. The van der Waals surface area contributed by atoms with Crippen LogP contribution in [0, 0.1) is 5.92 Å². The van der Waals surface area contributed by atoms with Crippen LogP contribution in [0.3, 0.4) is 0 Å². The monoisotopic (exact) mass is 228 g/mol. The SMILES string of the molecule is CC(C(=O)O)C(=O)Nc1cnccc1Cl. The topological polar surface area (TPSA) is 79.3 Å². The summed E-state index contributed by atoms with van der Waals surface area (Å²) in [5.74, 6) is -2.94. The summed E-state index contributed by atoms with van der Waals surface area (Å²) in [6.07, 6.45) is 2.83. The minimum absolute atomic E-state index is 0.303. The summed E-state index contributed by atoms with van der Waals surface area (Å²) in [7, 11) is 0. The molecule has 0 spiro atoms. The van der Waals surface area contributed by atoms with Crippen molar-refractivity contribution in [1.29, 1.82) is 0 Å². The normalized spacial score (nSPS) is 11.9. The molecule has 1 rings (SSSR count). The van der Waals surface area contributed by atoms with E-state index >= 15 is 0 Å². The zero-order valence-electron chi connectivity index (χ0n) is 7.90. The van der Waals surface area contributed by atoms with Crippen molar-refractivity contribution in [2.24, 2.45) is 5.92 Å². The van der Waals surface area contributed by atoms with E-state index in [9.17, 15) is 9.59 Å². The fraction of sp³-hybridized carbons (Fsp3) is 0.222. The number of aliphatic carboxylic acids is 1. The lowest BCUT2D eigenvalue weighted by Gasteiger charge is -2.08. The quantitative estimate of drug-likeness (QED) is 0.767. The number of nitrogens with zero attached hydrogens (tertiary/aromatic N) is 1. The summed E-state index contributed by atoms with van der Waals surface area (Å²) in [6, 6.07) is 1.50. The molecule has 0 aromatic carbocycles. The number of rotatable bonds is 3. The molecule has 0 saturated carbocycles. The molecule has 5 nitrogen and oxygen atoms in total. The zero-order valence-corrected chi connectivity index (χ0v) is 8.65. The Labute approximate surface area is 91.1 Å². The lowest BCUT2D eigenvalue weighted by molar-refractivity contribution is -0.144. The average Bonchev–Trinajstić information content (AvgIpc) is 2.20. The maximum Gasteiger partial charge on any atom is 0.315 e. The highest BCUT2D eigenvalue weighted by Crippen LogP contribution is 2.19. The van der Waals surface area contributed by atoms with Gasteiger partial charge in [0.05, 0.1) is 16.9 Å². The number of aromatic nitrogens is 1. The van der Waals surface area contributed by atoms with E-state index < -0.39 is 17.8 Å². The highest BCUT2D eigenvalue weighted by atomic mass is 35.5. The Balaban J connectivity index is 2.75. The number of carboxylic acids is 1. The number of carbonyl (C=O) groups excluding carboxylic acids is 1. The van der Waals surface area contributed by atoms with Crippen molar-refractivity contribution >= 4 is 29.2 Å². The Hall–Kier alpha value is -1.62. The number of carboxylic acid groups (broad SMARTS) is 1. The first-order valence-electron chi connectivity index (χ1n) is 4.15. The van der Waals surface area contributed by atoms with E-state index in [0.29, 0.717) is 10.7 Å². The van der Waals surface area contributed by atoms with Crippen LogP contribution < -0.4 is 5.32 Å². The molecule has 6 heteroatoms. The van der Waals surface area contributed by atoms with Gasteiger partial charge in [0.1, 0.15) is 5.92 Å². The second-order valence-electron chi connectivity index (χ2n) is 2.90. The fourth-order valence-electron chi connectivity index (χ4n) is 0.823. The van der Waals surface area contributed by atoms with Crippen LogP contribution in [-0.2, 0) is 9.59 Å². The Kier molecular flexibility index (Phi) is 3.62. The van der Waals surface area contributed by atoms with Gasteiger partial charge in [-0.3, -0.25) is 14.6 Å². The van der Waals surface area contributed by atoms with E-state index in [0.717, 1.165) is 0 Å². The van der Waals surface area contributed by atoms with Crippen LogP contribution in [-0.4, -0.2) is 22.0 Å². The number of amides is 1. The van der Waals surface area contributed by atoms with Crippen LogP contribution in [0.4, 0.5) is 5.69 Å². The molecular formula is C9H9ClN2O3. The van der Waals surface area contributed by atoms with Gasteiger partial charge in [-0.05, 0) is 13.0 Å². The second-order valence-corrected chi connectivity index (χ2v) is 3.31. The highest BCUT2D eigenvalue weighted by molar-refractivity contribution is 6.33. The lowest BCUT2D eigenvalue weighted by atomic mass is 10.1. The minimum atomic E-state index is -1.19. The summed E-state index contributed by atoms with van der Waals surface area (Å²) in [6.45, 7) is 1.29. The number of carbonyl (C=O) groups is 2. The molecule has 2 N–H and O–H groups in total. The van der Waals surface area contributed by atoms with E-state index in [2.05, 4.69) is 10.3 Å². The van der Waals surface area contributed by atoms with E-state index in [1.807, 2.05) is 0 Å². The third kappa shape index (κ3) is 2.92. The lowest BCUT2D eigenvalue weighted by Crippen LogP contribution is -2.27. The Morgan fingerprint density at radius 1 is 1.60 bits per heavy atom. The van der Waals surface area contributed by atoms with E-state index in [4.69, 9.17) is 16.7 Å². The molecule has 80 valence electrons. The average molecular weight is 229 g/mol. The first-order valence-corrected chi connectivity index (χ1v) is 4.53. The van der Waals surface area contributed by atoms with Crippen LogP contribution >= 0.6 is 11.6 Å². The van der Waals surface area contributed by atoms with E-state index in [1.165, 1.54) is 25.4 Å². The van der Waals surface area contributed by atoms with Crippen LogP contribution in [0.1, 0.15) is 6.92 Å². The summed E-state index contributed by atoms with van der Waals surface area (Å²) < 4.78 is 0. The van der Waals surface area contributed by atoms with Gasteiger partial charge in [0.15, 0.2) is 0 Å². The maximum atomic E-state index is 11.3. The number of nitrogens with one attached hydrogen (secondary N) is 1. The molecule has 0 bridgehead atoms. The molecule has 1 atom stereocenters. The van der Waals surface area contributed by atoms with E-state index in [-0.39, 0.29) is 0 Å². The molecule has 1 unspecified atom stereocenters. The van der Waals surface area contributed by atoms with Gasteiger partial charge in [0, 0.05) is 6.20 Å². The standard InChI is InChI=1S/C9H9ClN2O3/c1-5(9(14)15)8(13)12-7-4-11-3-2-6(7)10/h2-5H,1H3,(H,12,13)(H,14,15). The first-order chi connectivity index (χ1) is 7.02. The van der Waals surface area contributed by atoms with Gasteiger partial charge in [0.25, 0.3) is 0 Å². The van der Waals surface area contributed by atoms with Crippen molar-refractivity contribution in [3.63, 3.8) is 0 Å². The molecule has 0 aliphatic heterocycles. The van der Waals surface area contributed by atoms with Crippen LogP contribution in [0.5, 0.6) is 0 Å². The number of hydrogen-bond acceptors (Lipinski definition) is 3. The minimum Gasteiger partial charge on any atom is -0.481 e. The van der Waals surface area contributed by atoms with Gasteiger partial charge < -0.3 is 10.4 Å². The summed E-state index contributed by atoms with van der Waals surface area (Å²) in [5.41, 5.74) is 0.303. The van der Waals surface area contributed by atoms with Crippen molar-refractivity contribution in [2.75, 3.05) is 5.32 Å². The molecule has 1 heterocycles. The Morgan fingerprint density at radius 2 is 2.27 bits per heavy atom. The van der Waals surface area contributed by atoms with Crippen LogP contribution in [0.2, 0.25) is 5.02 Å². The molecule has 1 aromatic heterocycles. The Bertz CT molecular complexity index is 395. The van der Waals surface area contributed by atoms with Crippen molar-refractivity contribution in [3.8, 4) is 0 Å². The molecule has 0 saturated heterocycles. The number of pyridine rings is 1. The third-order valence-electron chi connectivity index (χ3n) is 1.79.